The van der Waals surface area contributed by atoms with Crippen molar-refractivity contribution in [3.8, 4) is 0 Å². The zero-order valence-electron chi connectivity index (χ0n) is 25.5. The minimum absolute atomic E-state index is 0.227. The monoisotopic (exact) mass is 552 g/mol. The van der Waals surface area contributed by atoms with Gasteiger partial charge in [0, 0.05) is 12.8 Å². The van der Waals surface area contributed by atoms with Gasteiger partial charge < -0.3 is 15.3 Å². The molecule has 4 heteroatoms. The molecule has 4 nitrogen and oxygen atoms in total. The van der Waals surface area contributed by atoms with E-state index in [1.54, 1.807) is 0 Å². The molecule has 4 fully saturated rings. The lowest BCUT2D eigenvalue weighted by Crippen LogP contribution is -2.35. The van der Waals surface area contributed by atoms with Crippen LogP contribution in [0.2, 0.25) is 0 Å². The zero-order chi connectivity index (χ0) is 28.9. The van der Waals surface area contributed by atoms with E-state index in [1.807, 2.05) is 6.08 Å². The van der Waals surface area contributed by atoms with E-state index in [-0.39, 0.29) is 11.2 Å². The molecule has 0 aromatic rings. The summed E-state index contributed by atoms with van der Waals surface area (Å²) in [5, 5.41) is 31.5. The Morgan fingerprint density at radius 1 is 1.05 bits per heavy atom. The summed E-state index contributed by atoms with van der Waals surface area (Å²) in [4.78, 5) is 13.0. The van der Waals surface area contributed by atoms with Crippen LogP contribution in [0.25, 0.3) is 0 Å². The lowest BCUT2D eigenvalue weighted by molar-refractivity contribution is -0.127. The van der Waals surface area contributed by atoms with Gasteiger partial charge in [0.05, 0.1) is 23.7 Å². The van der Waals surface area contributed by atoms with Crippen LogP contribution in [0, 0.1) is 28.6 Å². The summed E-state index contributed by atoms with van der Waals surface area (Å²) in [5.74, 6) is 1.73. The molecule has 0 aromatic carbocycles. The Bertz CT molecular complexity index is 985. The van der Waals surface area contributed by atoms with Crippen LogP contribution < -0.4 is 0 Å². The van der Waals surface area contributed by atoms with Crippen LogP contribution in [0.15, 0.2) is 47.6 Å². The van der Waals surface area contributed by atoms with Crippen molar-refractivity contribution < 1.29 is 20.1 Å². The molecule has 0 spiro atoms. The van der Waals surface area contributed by atoms with Crippen molar-refractivity contribution in [2.45, 2.75) is 142 Å². The summed E-state index contributed by atoms with van der Waals surface area (Å²) in [6.07, 6.45) is 22.9. The summed E-state index contributed by atoms with van der Waals surface area (Å²) in [6.45, 7) is 11.1. The molecule has 0 amide bonds. The lowest BCUT2D eigenvalue weighted by Gasteiger charge is -2.44. The average molecular weight is 553 g/mol. The minimum atomic E-state index is -0.657. The molecule has 224 valence electrons. The molecule has 7 atom stereocenters. The van der Waals surface area contributed by atoms with Crippen molar-refractivity contribution in [2.24, 2.45) is 28.6 Å². The second-order valence-electron chi connectivity index (χ2n) is 13.9. The van der Waals surface area contributed by atoms with Crippen LogP contribution in [0.4, 0.5) is 0 Å². The van der Waals surface area contributed by atoms with Crippen molar-refractivity contribution in [1.82, 2.24) is 0 Å². The smallest absolute Gasteiger partial charge is 0.141 e. The lowest BCUT2D eigenvalue weighted by atomic mass is 9.61. The third-order valence-electron chi connectivity index (χ3n) is 11.2. The summed E-state index contributed by atoms with van der Waals surface area (Å²) in [5.41, 5.74) is 2.94. The molecular formula is C36H56O4. The molecule has 4 saturated carbocycles. The molecule has 4 aliphatic rings. The van der Waals surface area contributed by atoms with Gasteiger partial charge in [-0.15, -0.1) is 0 Å². The number of allylic oxidation sites excluding steroid dienone is 4. The number of carbonyl (C=O) groups excluding carboxylic acids is 1. The second kappa shape index (κ2) is 13.7. The summed E-state index contributed by atoms with van der Waals surface area (Å²) in [7, 11) is 0. The third-order valence-corrected chi connectivity index (χ3v) is 11.2. The van der Waals surface area contributed by atoms with Crippen molar-refractivity contribution in [2.75, 3.05) is 0 Å². The van der Waals surface area contributed by atoms with E-state index in [1.165, 1.54) is 56.9 Å². The number of carbonyl (C=O) groups is 1. The Hall–Kier alpha value is -1.49. The molecule has 4 rings (SSSR count). The van der Waals surface area contributed by atoms with E-state index in [9.17, 15) is 20.1 Å². The molecule has 0 aromatic heterocycles. The van der Waals surface area contributed by atoms with Crippen molar-refractivity contribution in [3.63, 3.8) is 0 Å². The highest BCUT2D eigenvalue weighted by Crippen LogP contribution is 2.60. The highest BCUT2D eigenvalue weighted by molar-refractivity contribution is 5.88. The summed E-state index contributed by atoms with van der Waals surface area (Å²) in [6, 6.07) is 0. The van der Waals surface area contributed by atoms with Gasteiger partial charge in [0.25, 0.3) is 0 Å². The molecule has 40 heavy (non-hydrogen) atoms. The first kappa shape index (κ1) is 31.4. The van der Waals surface area contributed by atoms with Crippen LogP contribution in [0.3, 0.4) is 0 Å². The Labute approximate surface area is 243 Å². The predicted octanol–water partition coefficient (Wildman–Crippen LogP) is 7.78. The normalized spacial score (nSPS) is 35.3. The van der Waals surface area contributed by atoms with Gasteiger partial charge in [-0.25, -0.2) is 0 Å². The first-order valence-corrected chi connectivity index (χ1v) is 16.5. The van der Waals surface area contributed by atoms with Gasteiger partial charge in [-0.1, -0.05) is 89.3 Å². The SMILES string of the molecule is C=C1/C(=C\C=C2/CCC[C@]3(C)[C@@H]([C@H](C)/C=C/[C@@H](O)C4(C(=O)CCCCCCCC)CC4)CC[C@@H]23)C[C@@H](O)C[C@@H]1O. The number of hydrogen-bond acceptors (Lipinski definition) is 4. The standard InChI is InChI=1S/C36H56O4/c1-5-6-7-8-9-10-13-33(39)36(21-22-36)34(40)19-14-25(2)30-17-18-31-27(12-11-20-35(30,31)4)15-16-28-23-29(37)24-32(38)26(28)3/h14-16,19,25,29-32,34,37-38,40H,3,5-13,17-18,20-24H2,1-2,4H3/b19-14+,27-15+,28-16-/t25-,29-,30-,31+,32+,34-,35-/m1/s1. The quantitative estimate of drug-likeness (QED) is 0.161. The van der Waals surface area contributed by atoms with Gasteiger partial charge in [-0.2, -0.15) is 0 Å². The average Bonchev–Trinajstić information content (AvgIpc) is 3.66. The number of rotatable bonds is 13. The Kier molecular flexibility index (Phi) is 10.7. The van der Waals surface area contributed by atoms with E-state index in [2.05, 4.69) is 45.6 Å². The maximum Gasteiger partial charge on any atom is 0.141 e. The van der Waals surface area contributed by atoms with Crippen molar-refractivity contribution in [1.29, 1.82) is 0 Å². The number of ketones is 1. The van der Waals surface area contributed by atoms with Crippen molar-refractivity contribution in [3.05, 3.63) is 47.6 Å². The largest absolute Gasteiger partial charge is 0.393 e. The molecule has 0 heterocycles. The van der Waals surface area contributed by atoms with Gasteiger partial charge in [-0.05, 0) is 92.1 Å². The maximum atomic E-state index is 13.0. The Balaban J connectivity index is 1.35. The molecular weight excluding hydrogens is 496 g/mol. The molecule has 0 saturated heterocycles. The number of hydrogen-bond donors (Lipinski definition) is 3. The van der Waals surface area contributed by atoms with Crippen LogP contribution in [-0.2, 0) is 4.79 Å². The predicted molar refractivity (Wildman–Crippen MR) is 164 cm³/mol. The summed E-state index contributed by atoms with van der Waals surface area (Å²) < 4.78 is 0. The fourth-order valence-electron chi connectivity index (χ4n) is 8.40. The van der Waals surface area contributed by atoms with Crippen molar-refractivity contribution >= 4 is 5.78 Å². The fourth-order valence-corrected chi connectivity index (χ4v) is 8.40. The van der Waals surface area contributed by atoms with Crippen LogP contribution in [0.1, 0.15) is 124 Å². The molecule has 0 radical (unpaired) electrons. The van der Waals surface area contributed by atoms with Crippen LogP contribution in [0.5, 0.6) is 0 Å². The molecule has 4 aliphatic carbocycles. The van der Waals surface area contributed by atoms with Crippen LogP contribution in [-0.4, -0.2) is 39.4 Å². The molecule has 0 unspecified atom stereocenters. The fraction of sp³-hybridized carbons (Fsp3) is 0.750. The highest BCUT2D eigenvalue weighted by atomic mass is 16.3. The first-order valence-electron chi connectivity index (χ1n) is 16.5. The van der Waals surface area contributed by atoms with Gasteiger partial charge in [0.1, 0.15) is 5.78 Å². The highest BCUT2D eigenvalue weighted by Gasteiger charge is 2.54. The van der Waals surface area contributed by atoms with Crippen LogP contribution >= 0.6 is 0 Å². The van der Waals surface area contributed by atoms with Gasteiger partial charge in [0.15, 0.2) is 0 Å². The van der Waals surface area contributed by atoms with Gasteiger partial charge >= 0.3 is 0 Å². The van der Waals surface area contributed by atoms with E-state index >= 15 is 0 Å². The number of aliphatic hydroxyl groups excluding tert-OH is 3. The Morgan fingerprint density at radius 3 is 2.50 bits per heavy atom. The number of unbranched alkanes of at least 4 members (excludes halogenated alkanes) is 5. The third kappa shape index (κ3) is 6.93. The van der Waals surface area contributed by atoms with E-state index in [0.29, 0.717) is 37.0 Å². The number of fused-ring (bicyclic) bond motifs is 1. The minimum Gasteiger partial charge on any atom is -0.393 e. The van der Waals surface area contributed by atoms with E-state index in [4.69, 9.17) is 0 Å². The van der Waals surface area contributed by atoms with E-state index < -0.39 is 23.7 Å². The number of Topliss-reactive ketones (excluding diaryl/α,β-unsaturated/α-hetero) is 1. The topological polar surface area (TPSA) is 77.8 Å². The van der Waals surface area contributed by atoms with Gasteiger partial charge in [-0.3, -0.25) is 4.79 Å². The summed E-state index contributed by atoms with van der Waals surface area (Å²) >= 11 is 0. The molecule has 0 aliphatic heterocycles. The zero-order valence-corrected chi connectivity index (χ0v) is 25.5. The van der Waals surface area contributed by atoms with Gasteiger partial charge in [0.2, 0.25) is 0 Å². The van der Waals surface area contributed by atoms with E-state index in [0.717, 1.165) is 43.3 Å². The Morgan fingerprint density at radius 2 is 1.77 bits per heavy atom. The first-order chi connectivity index (χ1) is 19.1. The molecule has 3 N–H and O–H groups in total. The second-order valence-corrected chi connectivity index (χ2v) is 13.9. The maximum absolute atomic E-state index is 13.0. The molecule has 0 bridgehead atoms. The number of aliphatic hydroxyl groups is 3.